The second-order valence-electron chi connectivity index (χ2n) is 7.17. The number of carbonyl (C=O) groups excluding carboxylic acids is 2. The van der Waals surface area contributed by atoms with E-state index in [0.717, 1.165) is 16.1 Å². The molecule has 0 spiro atoms. The number of thiophene rings is 1. The molecule has 2 aliphatic heterocycles. The van der Waals surface area contributed by atoms with Gasteiger partial charge >= 0.3 is 0 Å². The third-order valence-corrected chi connectivity index (χ3v) is 6.49. The summed E-state index contributed by atoms with van der Waals surface area (Å²) in [6.07, 6.45) is -0.856. The summed E-state index contributed by atoms with van der Waals surface area (Å²) in [4.78, 5) is 35.0. The van der Waals surface area contributed by atoms with Crippen molar-refractivity contribution in [3.05, 3.63) is 81.5 Å². The summed E-state index contributed by atoms with van der Waals surface area (Å²) in [5.74, 6) is -1.18. The zero-order valence-corrected chi connectivity index (χ0v) is 17.1. The Kier molecular flexibility index (Phi) is 4.42. The molecule has 3 aromatic rings. The number of anilines is 2. The molecule has 2 amide bonds. The average Bonchev–Trinajstić information content (AvgIpc) is 3.40. The summed E-state index contributed by atoms with van der Waals surface area (Å²) in [6.45, 7) is 1.93. The van der Waals surface area contributed by atoms with Crippen molar-refractivity contribution in [3.8, 4) is 0 Å². The van der Waals surface area contributed by atoms with Gasteiger partial charge < -0.3 is 0 Å². The third-order valence-electron chi connectivity index (χ3n) is 5.29. The maximum absolute atomic E-state index is 13.4. The van der Waals surface area contributed by atoms with E-state index in [1.54, 1.807) is 34.6 Å². The van der Waals surface area contributed by atoms with Gasteiger partial charge in [0.05, 0.1) is 11.4 Å². The van der Waals surface area contributed by atoms with Gasteiger partial charge in [-0.1, -0.05) is 29.8 Å². The van der Waals surface area contributed by atoms with Crippen LogP contribution in [-0.4, -0.2) is 17.9 Å². The van der Waals surface area contributed by atoms with Crippen molar-refractivity contribution in [1.29, 1.82) is 0 Å². The van der Waals surface area contributed by atoms with Crippen LogP contribution in [0.5, 0.6) is 0 Å². The fraction of sp³-hybridized carbons (Fsp3) is 0.182. The SMILES string of the molecule is Cc1cccc(N2C(=O)[C@@H]3[C@@H](c4cccs4)N(c4ccc(Cl)cc4)O[C@H]3C2=O)c1. The molecule has 3 atom stereocenters. The molecule has 0 bridgehead atoms. The topological polar surface area (TPSA) is 49.9 Å². The van der Waals surface area contributed by atoms with E-state index in [-0.39, 0.29) is 17.9 Å². The van der Waals surface area contributed by atoms with E-state index in [1.807, 2.05) is 54.8 Å². The van der Waals surface area contributed by atoms with Gasteiger partial charge in [-0.25, -0.2) is 9.96 Å². The number of carbonyl (C=O) groups is 2. The molecule has 2 aliphatic rings. The summed E-state index contributed by atoms with van der Waals surface area (Å²) < 4.78 is 0. The minimum atomic E-state index is -0.856. The number of rotatable bonds is 3. The van der Waals surface area contributed by atoms with Crippen LogP contribution in [0, 0.1) is 12.8 Å². The van der Waals surface area contributed by atoms with E-state index in [1.165, 1.54) is 4.90 Å². The third kappa shape index (κ3) is 2.95. The molecular weight excluding hydrogens is 408 g/mol. The molecule has 0 radical (unpaired) electrons. The van der Waals surface area contributed by atoms with Gasteiger partial charge in [-0.2, -0.15) is 0 Å². The molecule has 2 fully saturated rings. The molecule has 1 aromatic heterocycles. The first kappa shape index (κ1) is 18.4. The maximum atomic E-state index is 13.4. The van der Waals surface area contributed by atoms with E-state index in [4.69, 9.17) is 16.4 Å². The molecule has 7 heteroatoms. The maximum Gasteiger partial charge on any atom is 0.266 e. The Labute approximate surface area is 177 Å². The molecule has 0 saturated carbocycles. The standard InChI is InChI=1S/C22H17ClN2O3S/c1-13-4-2-5-16(12-13)24-21(26)18-19(17-6-3-11-29-17)25(28-20(18)22(24)27)15-9-7-14(23)8-10-15/h2-12,18-20H,1H3/t18-,19-,20-/m1/s1. The van der Waals surface area contributed by atoms with E-state index >= 15 is 0 Å². The Morgan fingerprint density at radius 1 is 0.966 bits per heavy atom. The van der Waals surface area contributed by atoms with E-state index in [9.17, 15) is 9.59 Å². The number of benzene rings is 2. The monoisotopic (exact) mass is 424 g/mol. The van der Waals surface area contributed by atoms with Crippen LogP contribution in [0.3, 0.4) is 0 Å². The normalized spacial score (nSPS) is 23.7. The zero-order valence-electron chi connectivity index (χ0n) is 15.5. The van der Waals surface area contributed by atoms with Gasteiger partial charge in [0.2, 0.25) is 5.91 Å². The summed E-state index contributed by atoms with van der Waals surface area (Å²) in [5.41, 5.74) is 2.32. The Morgan fingerprint density at radius 3 is 2.45 bits per heavy atom. The van der Waals surface area contributed by atoms with Crippen LogP contribution in [0.15, 0.2) is 66.0 Å². The number of nitrogens with zero attached hydrogens (tertiary/aromatic N) is 2. The lowest BCUT2D eigenvalue weighted by Crippen LogP contribution is -2.37. The molecule has 146 valence electrons. The highest BCUT2D eigenvalue weighted by Gasteiger charge is 2.60. The molecule has 29 heavy (non-hydrogen) atoms. The largest absolute Gasteiger partial charge is 0.273 e. The predicted octanol–water partition coefficient (Wildman–Crippen LogP) is 4.76. The van der Waals surface area contributed by atoms with Gasteiger partial charge in [-0.15, -0.1) is 11.3 Å². The molecule has 0 aliphatic carbocycles. The van der Waals surface area contributed by atoms with Crippen molar-refractivity contribution in [3.63, 3.8) is 0 Å². The van der Waals surface area contributed by atoms with Crippen molar-refractivity contribution < 1.29 is 14.4 Å². The molecule has 3 heterocycles. The molecular formula is C22H17ClN2O3S. The van der Waals surface area contributed by atoms with Crippen molar-refractivity contribution in [2.24, 2.45) is 5.92 Å². The number of aryl methyl sites for hydroxylation is 1. The van der Waals surface area contributed by atoms with E-state index in [0.29, 0.717) is 10.7 Å². The first-order valence-electron chi connectivity index (χ1n) is 9.24. The second kappa shape index (κ2) is 6.99. The molecule has 2 saturated heterocycles. The van der Waals surface area contributed by atoms with Gasteiger partial charge in [0.25, 0.3) is 5.91 Å². The molecule has 0 unspecified atom stereocenters. The highest BCUT2D eigenvalue weighted by Crippen LogP contribution is 2.48. The summed E-state index contributed by atoms with van der Waals surface area (Å²) >= 11 is 7.57. The number of fused-ring (bicyclic) bond motifs is 1. The molecule has 5 rings (SSSR count). The number of hydrogen-bond acceptors (Lipinski definition) is 5. The van der Waals surface area contributed by atoms with Crippen molar-refractivity contribution in [1.82, 2.24) is 0 Å². The lowest BCUT2D eigenvalue weighted by atomic mass is 9.95. The smallest absolute Gasteiger partial charge is 0.266 e. The number of hydrogen-bond donors (Lipinski definition) is 0. The van der Waals surface area contributed by atoms with Gasteiger partial charge in [0.15, 0.2) is 6.10 Å². The van der Waals surface area contributed by atoms with Gasteiger partial charge in [-0.05, 0) is 60.3 Å². The van der Waals surface area contributed by atoms with Crippen LogP contribution in [0.2, 0.25) is 5.02 Å². The number of imide groups is 1. The van der Waals surface area contributed by atoms with Crippen LogP contribution in [0.1, 0.15) is 16.5 Å². The Hall–Kier alpha value is -2.67. The number of amides is 2. The lowest BCUT2D eigenvalue weighted by molar-refractivity contribution is -0.126. The highest BCUT2D eigenvalue weighted by molar-refractivity contribution is 7.10. The van der Waals surface area contributed by atoms with Gasteiger partial charge in [0.1, 0.15) is 12.0 Å². The quantitative estimate of drug-likeness (QED) is 0.569. The molecule has 5 nitrogen and oxygen atoms in total. The first-order chi connectivity index (χ1) is 14.0. The number of hydroxylamine groups is 1. The van der Waals surface area contributed by atoms with Crippen LogP contribution in [0.25, 0.3) is 0 Å². The molecule has 2 aromatic carbocycles. The fourth-order valence-corrected chi connectivity index (χ4v) is 4.98. The zero-order chi connectivity index (χ0) is 20.1. The summed E-state index contributed by atoms with van der Waals surface area (Å²) in [5, 5.41) is 4.25. The molecule has 0 N–H and O–H groups in total. The van der Waals surface area contributed by atoms with Crippen LogP contribution in [0.4, 0.5) is 11.4 Å². The Bertz CT molecular complexity index is 1080. The van der Waals surface area contributed by atoms with Crippen LogP contribution >= 0.6 is 22.9 Å². The summed E-state index contributed by atoms with van der Waals surface area (Å²) in [6, 6.07) is 18.1. The first-order valence-corrected chi connectivity index (χ1v) is 10.5. The van der Waals surface area contributed by atoms with Gasteiger partial charge in [-0.3, -0.25) is 14.4 Å². The van der Waals surface area contributed by atoms with Crippen LogP contribution < -0.4 is 9.96 Å². The minimum absolute atomic E-state index is 0.236. The summed E-state index contributed by atoms with van der Waals surface area (Å²) in [7, 11) is 0. The lowest BCUT2D eigenvalue weighted by Gasteiger charge is -2.28. The Morgan fingerprint density at radius 2 is 1.76 bits per heavy atom. The second-order valence-corrected chi connectivity index (χ2v) is 8.58. The number of halogens is 1. The van der Waals surface area contributed by atoms with Crippen molar-refractivity contribution in [2.45, 2.75) is 19.1 Å². The average molecular weight is 425 g/mol. The van der Waals surface area contributed by atoms with Crippen molar-refractivity contribution in [2.75, 3.05) is 9.96 Å². The van der Waals surface area contributed by atoms with Crippen LogP contribution in [-0.2, 0) is 14.4 Å². The Balaban J connectivity index is 1.57. The predicted molar refractivity (Wildman–Crippen MR) is 113 cm³/mol. The van der Waals surface area contributed by atoms with Gasteiger partial charge in [0, 0.05) is 9.90 Å². The van der Waals surface area contributed by atoms with E-state index < -0.39 is 12.0 Å². The fourth-order valence-electron chi connectivity index (χ4n) is 4.00. The minimum Gasteiger partial charge on any atom is -0.273 e. The van der Waals surface area contributed by atoms with Crippen molar-refractivity contribution >= 4 is 46.1 Å². The highest BCUT2D eigenvalue weighted by atomic mass is 35.5. The van der Waals surface area contributed by atoms with E-state index in [2.05, 4.69) is 0 Å².